The molecule has 0 unspecified atom stereocenters. The lowest BCUT2D eigenvalue weighted by Crippen LogP contribution is -2.17. The number of H-pyrrole nitrogens is 1. The fourth-order valence-electron chi connectivity index (χ4n) is 2.09. The Balaban J connectivity index is 1.83. The van der Waals surface area contributed by atoms with Gasteiger partial charge in [-0.25, -0.2) is 4.68 Å². The first kappa shape index (κ1) is 14.5. The quantitative estimate of drug-likeness (QED) is 0.777. The lowest BCUT2D eigenvalue weighted by molar-refractivity contribution is 0.0943. The molecule has 2 N–H and O–H groups in total. The van der Waals surface area contributed by atoms with E-state index in [0.717, 1.165) is 4.68 Å². The van der Waals surface area contributed by atoms with Gasteiger partial charge in [0.15, 0.2) is 0 Å². The summed E-state index contributed by atoms with van der Waals surface area (Å²) in [6.07, 6.45) is 1.28. The van der Waals surface area contributed by atoms with Crippen LogP contribution in [0.25, 0.3) is 0 Å². The molecule has 0 aliphatic rings. The van der Waals surface area contributed by atoms with Gasteiger partial charge in [0.25, 0.3) is 17.4 Å². The Bertz CT molecular complexity index is 896. The summed E-state index contributed by atoms with van der Waals surface area (Å²) in [5, 5.41) is 4.89. The van der Waals surface area contributed by atoms with Crippen LogP contribution in [0.2, 0.25) is 0 Å². The van der Waals surface area contributed by atoms with Gasteiger partial charge in [-0.3, -0.25) is 19.5 Å². The number of anilines is 1. The highest BCUT2D eigenvalue weighted by Gasteiger charge is 2.14. The Kier molecular flexibility index (Phi) is 3.88. The molecule has 2 aromatic carbocycles. The average molecular weight is 307 g/mol. The Morgan fingerprint density at radius 1 is 0.870 bits per heavy atom. The second-order valence-corrected chi connectivity index (χ2v) is 4.85. The number of rotatable bonds is 3. The molecule has 6 heteroatoms. The van der Waals surface area contributed by atoms with Crippen molar-refractivity contribution in [2.45, 2.75) is 0 Å². The van der Waals surface area contributed by atoms with Gasteiger partial charge in [-0.2, -0.15) is 0 Å². The molecule has 0 spiro atoms. The van der Waals surface area contributed by atoms with Crippen LogP contribution in [0, 0.1) is 0 Å². The summed E-state index contributed by atoms with van der Waals surface area (Å²) >= 11 is 0. The number of amides is 1. The minimum atomic E-state index is -0.543. The van der Waals surface area contributed by atoms with Crippen LogP contribution in [0.1, 0.15) is 20.7 Å². The number of aromatic nitrogens is 2. The summed E-state index contributed by atoms with van der Waals surface area (Å²) in [6.45, 7) is 0. The second kappa shape index (κ2) is 6.15. The zero-order valence-electron chi connectivity index (χ0n) is 12.0. The highest BCUT2D eigenvalue weighted by Crippen LogP contribution is 2.07. The number of hydrogen-bond donors (Lipinski definition) is 2. The van der Waals surface area contributed by atoms with E-state index in [1.54, 1.807) is 60.7 Å². The highest BCUT2D eigenvalue weighted by molar-refractivity contribution is 6.04. The third-order valence-corrected chi connectivity index (χ3v) is 3.25. The van der Waals surface area contributed by atoms with Gasteiger partial charge in [0.2, 0.25) is 0 Å². The van der Waals surface area contributed by atoms with Gasteiger partial charge in [-0.05, 0) is 24.3 Å². The van der Waals surface area contributed by atoms with Crippen molar-refractivity contribution >= 4 is 17.5 Å². The van der Waals surface area contributed by atoms with Crippen molar-refractivity contribution in [1.82, 2.24) is 9.78 Å². The van der Waals surface area contributed by atoms with E-state index in [2.05, 4.69) is 10.4 Å². The molecule has 0 atom stereocenters. The van der Waals surface area contributed by atoms with Crippen LogP contribution in [0.4, 0.5) is 5.69 Å². The van der Waals surface area contributed by atoms with Gasteiger partial charge < -0.3 is 5.32 Å². The second-order valence-electron chi connectivity index (χ2n) is 4.85. The molecule has 1 aromatic heterocycles. The highest BCUT2D eigenvalue weighted by atomic mass is 16.2. The minimum absolute atomic E-state index is 0.0168. The molecule has 1 amide bonds. The number of nitrogens with zero attached hydrogens (tertiary/aromatic N) is 1. The van der Waals surface area contributed by atoms with Crippen LogP contribution in [-0.4, -0.2) is 21.6 Å². The molecular weight excluding hydrogens is 294 g/mol. The fraction of sp³-hybridized carbons (Fsp3) is 0. The maximum absolute atomic E-state index is 12.2. The predicted molar refractivity (Wildman–Crippen MR) is 85.6 cm³/mol. The predicted octanol–water partition coefficient (Wildman–Crippen LogP) is 2.12. The van der Waals surface area contributed by atoms with Gasteiger partial charge in [-0.1, -0.05) is 36.4 Å². The topological polar surface area (TPSA) is 84.0 Å². The smallest absolute Gasteiger partial charge is 0.288 e. The van der Waals surface area contributed by atoms with Crippen molar-refractivity contribution in [2.24, 2.45) is 0 Å². The molecule has 6 nitrogen and oxygen atoms in total. The van der Waals surface area contributed by atoms with Crippen LogP contribution in [-0.2, 0) is 0 Å². The number of nitrogens with one attached hydrogen (secondary N) is 2. The first-order valence-electron chi connectivity index (χ1n) is 6.93. The number of aromatic amines is 1. The van der Waals surface area contributed by atoms with Crippen molar-refractivity contribution in [3.8, 4) is 0 Å². The maximum Gasteiger partial charge on any atom is 0.288 e. The fourth-order valence-corrected chi connectivity index (χ4v) is 2.09. The van der Waals surface area contributed by atoms with E-state index in [4.69, 9.17) is 0 Å². The molecular formula is C17H13N3O3. The molecule has 0 saturated heterocycles. The van der Waals surface area contributed by atoms with Crippen molar-refractivity contribution < 1.29 is 9.59 Å². The van der Waals surface area contributed by atoms with E-state index in [9.17, 15) is 14.4 Å². The zero-order valence-corrected chi connectivity index (χ0v) is 12.0. The van der Waals surface area contributed by atoms with Crippen molar-refractivity contribution in [1.29, 1.82) is 0 Å². The normalized spacial score (nSPS) is 10.3. The molecule has 0 radical (unpaired) electrons. The molecule has 3 rings (SSSR count). The summed E-state index contributed by atoms with van der Waals surface area (Å²) in [6, 6.07) is 17.0. The molecule has 114 valence electrons. The van der Waals surface area contributed by atoms with E-state index >= 15 is 0 Å². The van der Waals surface area contributed by atoms with E-state index in [1.165, 1.54) is 6.20 Å². The first-order valence-corrected chi connectivity index (χ1v) is 6.93. The molecule has 0 aliphatic heterocycles. The maximum atomic E-state index is 12.2. The van der Waals surface area contributed by atoms with Crippen LogP contribution >= 0.6 is 0 Å². The summed E-state index contributed by atoms with van der Waals surface area (Å²) < 4.78 is 1.05. The monoisotopic (exact) mass is 307 g/mol. The molecule has 3 aromatic rings. The SMILES string of the molecule is O=C(Nc1cn(C(=O)c2ccccc2)[nH]c1=O)c1ccccc1. The van der Waals surface area contributed by atoms with Crippen molar-refractivity contribution in [2.75, 3.05) is 5.32 Å². The Hall–Kier alpha value is -3.41. The zero-order chi connectivity index (χ0) is 16.2. The van der Waals surface area contributed by atoms with Gasteiger partial charge in [0.1, 0.15) is 5.69 Å². The van der Waals surface area contributed by atoms with Gasteiger partial charge in [0.05, 0.1) is 6.20 Å². The van der Waals surface area contributed by atoms with Gasteiger partial charge in [0, 0.05) is 11.1 Å². The first-order chi connectivity index (χ1) is 11.1. The van der Waals surface area contributed by atoms with Crippen molar-refractivity contribution in [3.63, 3.8) is 0 Å². The summed E-state index contributed by atoms with van der Waals surface area (Å²) in [5.41, 5.74) is 0.329. The van der Waals surface area contributed by atoms with E-state index in [0.29, 0.717) is 11.1 Å². The number of carbonyl (C=O) groups excluding carboxylic acids is 2. The lowest BCUT2D eigenvalue weighted by atomic mass is 10.2. The van der Waals surface area contributed by atoms with E-state index in [-0.39, 0.29) is 11.6 Å². The van der Waals surface area contributed by atoms with Crippen LogP contribution in [0.5, 0.6) is 0 Å². The minimum Gasteiger partial charge on any atom is -0.316 e. The lowest BCUT2D eigenvalue weighted by Gasteiger charge is -2.01. The van der Waals surface area contributed by atoms with E-state index < -0.39 is 11.5 Å². The third-order valence-electron chi connectivity index (χ3n) is 3.25. The van der Waals surface area contributed by atoms with Gasteiger partial charge in [-0.15, -0.1) is 0 Å². The van der Waals surface area contributed by atoms with Crippen LogP contribution in [0.3, 0.4) is 0 Å². The molecule has 0 fully saturated rings. The Morgan fingerprint density at radius 2 is 1.43 bits per heavy atom. The Morgan fingerprint density at radius 3 is 2.04 bits per heavy atom. The molecule has 23 heavy (non-hydrogen) atoms. The average Bonchev–Trinajstić information content (AvgIpc) is 2.96. The van der Waals surface area contributed by atoms with Crippen LogP contribution in [0.15, 0.2) is 71.7 Å². The summed E-state index contributed by atoms with van der Waals surface area (Å²) in [5.74, 6) is -0.802. The summed E-state index contributed by atoms with van der Waals surface area (Å²) in [7, 11) is 0. The molecule has 0 aliphatic carbocycles. The number of carbonyl (C=O) groups is 2. The van der Waals surface area contributed by atoms with Crippen molar-refractivity contribution in [3.05, 3.63) is 88.3 Å². The van der Waals surface area contributed by atoms with Crippen LogP contribution < -0.4 is 10.9 Å². The molecule has 0 saturated carbocycles. The largest absolute Gasteiger partial charge is 0.316 e. The van der Waals surface area contributed by atoms with Gasteiger partial charge >= 0.3 is 0 Å². The third kappa shape index (κ3) is 3.11. The standard InChI is InChI=1S/C17H13N3O3/c21-15(12-7-3-1-4-8-12)18-14-11-20(19-16(14)22)17(23)13-9-5-2-6-10-13/h1-11H,(H,18,21)(H,19,22). The molecule has 0 bridgehead atoms. The van der Waals surface area contributed by atoms with E-state index in [1.807, 2.05) is 0 Å². The molecule has 1 heterocycles. The summed E-state index contributed by atoms with van der Waals surface area (Å²) in [4.78, 5) is 36.2. The Labute approximate surface area is 131 Å². The number of hydrogen-bond acceptors (Lipinski definition) is 3. The number of benzene rings is 2.